The van der Waals surface area contributed by atoms with Crippen LogP contribution in [0.5, 0.6) is 0 Å². The van der Waals surface area contributed by atoms with E-state index in [2.05, 4.69) is 44.7 Å². The molecule has 6 heteroatoms. The van der Waals surface area contributed by atoms with E-state index in [0.717, 1.165) is 31.5 Å². The maximum Gasteiger partial charge on any atom is 0.170 e. The Bertz CT molecular complexity index is 862. The second kappa shape index (κ2) is 6.72. The summed E-state index contributed by atoms with van der Waals surface area (Å²) in [6.45, 7) is 4.42. The number of hydrogen-bond acceptors (Lipinski definition) is 4. The second-order valence-electron chi connectivity index (χ2n) is 6.51. The van der Waals surface area contributed by atoms with Crippen molar-refractivity contribution in [1.82, 2.24) is 25.1 Å². The Morgan fingerprint density at radius 3 is 2.48 bits per heavy atom. The van der Waals surface area contributed by atoms with Gasteiger partial charge in [0.25, 0.3) is 0 Å². The molecule has 0 atom stereocenters. The van der Waals surface area contributed by atoms with E-state index in [1.807, 2.05) is 6.92 Å². The van der Waals surface area contributed by atoms with Crippen LogP contribution in [0.3, 0.4) is 0 Å². The molecule has 1 aliphatic heterocycles. The minimum atomic E-state index is -0.317. The maximum absolute atomic E-state index is 14.2. The first-order chi connectivity index (χ1) is 12.2. The van der Waals surface area contributed by atoms with Crippen LogP contribution < -0.4 is 0 Å². The molecule has 0 bridgehead atoms. The molecule has 0 fully saturated rings. The molecule has 25 heavy (non-hydrogen) atoms. The number of halogens is 1. The molecule has 1 aliphatic rings. The standard InChI is InChI=1S/C19H20FN5/c1-14-6-7-17(20)18(12-14)25-19(21-22-23-25)13-24-10-8-15-4-2-3-5-16(15)9-11-24/h2-7,12H,8-11,13H2,1H3. The molecule has 1 aromatic heterocycles. The van der Waals surface area contributed by atoms with Gasteiger partial charge in [-0.3, -0.25) is 4.90 Å². The predicted octanol–water partition coefficient (Wildman–Crippen LogP) is 2.71. The third-order valence-electron chi connectivity index (χ3n) is 4.74. The van der Waals surface area contributed by atoms with Gasteiger partial charge in [0, 0.05) is 13.1 Å². The summed E-state index contributed by atoms with van der Waals surface area (Å²) in [6, 6.07) is 13.6. The largest absolute Gasteiger partial charge is 0.295 e. The van der Waals surface area contributed by atoms with Gasteiger partial charge in [-0.25, -0.2) is 4.39 Å². The van der Waals surface area contributed by atoms with Crippen LogP contribution in [0.25, 0.3) is 5.69 Å². The Morgan fingerprint density at radius 2 is 1.76 bits per heavy atom. The SMILES string of the molecule is Cc1ccc(F)c(-n2nnnc2CN2CCc3ccccc3CC2)c1. The third kappa shape index (κ3) is 3.30. The zero-order valence-corrected chi connectivity index (χ0v) is 14.2. The number of benzene rings is 2. The Balaban J connectivity index is 1.55. The predicted molar refractivity (Wildman–Crippen MR) is 93.0 cm³/mol. The molecule has 0 saturated carbocycles. The molecule has 0 unspecified atom stereocenters. The van der Waals surface area contributed by atoms with Crippen LogP contribution >= 0.6 is 0 Å². The highest BCUT2D eigenvalue weighted by molar-refractivity contribution is 5.36. The summed E-state index contributed by atoms with van der Waals surface area (Å²) in [5.41, 5.74) is 4.20. The lowest BCUT2D eigenvalue weighted by Crippen LogP contribution is -2.27. The fourth-order valence-corrected chi connectivity index (χ4v) is 3.35. The van der Waals surface area contributed by atoms with Gasteiger partial charge in [0.1, 0.15) is 11.5 Å². The number of tetrazole rings is 1. The van der Waals surface area contributed by atoms with Gasteiger partial charge in [0.05, 0.1) is 6.54 Å². The average Bonchev–Trinajstić information content (AvgIpc) is 2.97. The van der Waals surface area contributed by atoms with E-state index in [9.17, 15) is 4.39 Å². The van der Waals surface area contributed by atoms with Crippen LogP contribution in [-0.2, 0) is 19.4 Å². The van der Waals surface area contributed by atoms with Crippen LogP contribution in [-0.4, -0.2) is 38.2 Å². The second-order valence-corrected chi connectivity index (χ2v) is 6.51. The van der Waals surface area contributed by atoms with Gasteiger partial charge < -0.3 is 0 Å². The maximum atomic E-state index is 14.2. The first kappa shape index (κ1) is 15.9. The fourth-order valence-electron chi connectivity index (χ4n) is 3.35. The minimum absolute atomic E-state index is 0.317. The Kier molecular flexibility index (Phi) is 4.28. The number of hydrogen-bond donors (Lipinski definition) is 0. The van der Waals surface area contributed by atoms with E-state index >= 15 is 0 Å². The summed E-state index contributed by atoms with van der Waals surface area (Å²) in [7, 11) is 0. The van der Waals surface area contributed by atoms with Gasteiger partial charge >= 0.3 is 0 Å². The van der Waals surface area contributed by atoms with Crippen molar-refractivity contribution in [2.45, 2.75) is 26.3 Å². The Labute approximate surface area is 146 Å². The molecule has 2 aromatic carbocycles. The first-order valence-corrected chi connectivity index (χ1v) is 8.53. The third-order valence-corrected chi connectivity index (χ3v) is 4.74. The molecule has 5 nitrogen and oxygen atoms in total. The number of rotatable bonds is 3. The number of aromatic nitrogens is 4. The molecule has 0 amide bonds. The van der Waals surface area contributed by atoms with Crippen molar-refractivity contribution >= 4 is 0 Å². The van der Waals surface area contributed by atoms with Crippen LogP contribution in [0.15, 0.2) is 42.5 Å². The van der Waals surface area contributed by atoms with Gasteiger partial charge in [0.2, 0.25) is 0 Å². The molecule has 128 valence electrons. The van der Waals surface area contributed by atoms with Crippen molar-refractivity contribution in [3.63, 3.8) is 0 Å². The summed E-state index contributed by atoms with van der Waals surface area (Å²) in [4.78, 5) is 2.33. The van der Waals surface area contributed by atoms with E-state index in [0.29, 0.717) is 18.1 Å². The van der Waals surface area contributed by atoms with Gasteiger partial charge in [0.15, 0.2) is 5.82 Å². The van der Waals surface area contributed by atoms with Gasteiger partial charge in [-0.05, 0) is 59.0 Å². The Hall–Kier alpha value is -2.60. The molecule has 3 aromatic rings. The molecule has 0 N–H and O–H groups in total. The highest BCUT2D eigenvalue weighted by Gasteiger charge is 2.18. The molecule has 0 radical (unpaired) electrons. The van der Waals surface area contributed by atoms with Crippen LogP contribution in [0.2, 0.25) is 0 Å². The molecule has 4 rings (SSSR count). The van der Waals surface area contributed by atoms with E-state index in [4.69, 9.17) is 0 Å². The Morgan fingerprint density at radius 1 is 1.04 bits per heavy atom. The van der Waals surface area contributed by atoms with Crippen molar-refractivity contribution < 1.29 is 4.39 Å². The molecule has 2 heterocycles. The molecule has 0 spiro atoms. The average molecular weight is 337 g/mol. The zero-order chi connectivity index (χ0) is 17.2. The van der Waals surface area contributed by atoms with Gasteiger partial charge in [-0.15, -0.1) is 5.10 Å². The summed E-state index contributed by atoms with van der Waals surface area (Å²) in [6.07, 6.45) is 2.02. The molecular formula is C19H20FN5. The van der Waals surface area contributed by atoms with Crippen molar-refractivity contribution in [3.05, 3.63) is 70.8 Å². The lowest BCUT2D eigenvalue weighted by molar-refractivity contribution is 0.269. The van der Waals surface area contributed by atoms with Crippen LogP contribution in [0.4, 0.5) is 4.39 Å². The molecule has 0 saturated heterocycles. The van der Waals surface area contributed by atoms with Crippen molar-refractivity contribution in [1.29, 1.82) is 0 Å². The van der Waals surface area contributed by atoms with Crippen molar-refractivity contribution in [3.8, 4) is 5.69 Å². The fraction of sp³-hybridized carbons (Fsp3) is 0.316. The van der Waals surface area contributed by atoms with Crippen LogP contribution in [0, 0.1) is 12.7 Å². The number of fused-ring (bicyclic) bond motifs is 1. The lowest BCUT2D eigenvalue weighted by atomic mass is 10.0. The van der Waals surface area contributed by atoms with E-state index in [1.165, 1.54) is 21.9 Å². The first-order valence-electron chi connectivity index (χ1n) is 8.53. The van der Waals surface area contributed by atoms with E-state index in [1.54, 1.807) is 12.1 Å². The topological polar surface area (TPSA) is 46.8 Å². The normalized spacial score (nSPS) is 15.0. The van der Waals surface area contributed by atoms with Crippen molar-refractivity contribution in [2.24, 2.45) is 0 Å². The summed E-state index contributed by atoms with van der Waals surface area (Å²) in [5.74, 6) is 0.345. The highest BCUT2D eigenvalue weighted by Crippen LogP contribution is 2.19. The lowest BCUT2D eigenvalue weighted by Gasteiger charge is -2.19. The zero-order valence-electron chi connectivity index (χ0n) is 14.2. The molecule has 0 aliphatic carbocycles. The summed E-state index contributed by atoms with van der Waals surface area (Å²) >= 11 is 0. The van der Waals surface area contributed by atoms with Crippen LogP contribution in [0.1, 0.15) is 22.5 Å². The summed E-state index contributed by atoms with van der Waals surface area (Å²) in [5, 5.41) is 11.9. The monoisotopic (exact) mass is 337 g/mol. The minimum Gasteiger partial charge on any atom is -0.295 e. The highest BCUT2D eigenvalue weighted by atomic mass is 19.1. The van der Waals surface area contributed by atoms with Gasteiger partial charge in [-0.1, -0.05) is 30.3 Å². The van der Waals surface area contributed by atoms with E-state index in [-0.39, 0.29) is 5.82 Å². The number of nitrogens with zero attached hydrogens (tertiary/aromatic N) is 5. The number of aryl methyl sites for hydroxylation is 1. The molecular weight excluding hydrogens is 317 g/mol. The smallest absolute Gasteiger partial charge is 0.170 e. The quantitative estimate of drug-likeness (QED) is 0.737. The summed E-state index contributed by atoms with van der Waals surface area (Å²) < 4.78 is 15.7. The van der Waals surface area contributed by atoms with E-state index < -0.39 is 0 Å². The van der Waals surface area contributed by atoms with Crippen molar-refractivity contribution in [2.75, 3.05) is 13.1 Å². The van der Waals surface area contributed by atoms with Gasteiger partial charge in [-0.2, -0.15) is 4.68 Å².